The molecule has 2 rings (SSSR count). The summed E-state index contributed by atoms with van der Waals surface area (Å²) in [6.07, 6.45) is 1.58. The second-order valence-electron chi connectivity index (χ2n) is 4.52. The molecule has 0 spiro atoms. The summed E-state index contributed by atoms with van der Waals surface area (Å²) in [5, 5.41) is 13.2. The van der Waals surface area contributed by atoms with E-state index >= 15 is 0 Å². The molecular weight excluding hydrogens is 286 g/mol. The second kappa shape index (κ2) is 6.77. The summed E-state index contributed by atoms with van der Waals surface area (Å²) in [4.78, 5) is 28.5. The summed E-state index contributed by atoms with van der Waals surface area (Å²) < 4.78 is 0. The number of hydrogen-bond acceptors (Lipinski definition) is 5. The van der Waals surface area contributed by atoms with Crippen molar-refractivity contribution in [2.45, 2.75) is 19.4 Å². The van der Waals surface area contributed by atoms with Crippen molar-refractivity contribution >= 4 is 23.0 Å². The van der Waals surface area contributed by atoms with Crippen LogP contribution in [0.1, 0.15) is 39.1 Å². The lowest BCUT2D eigenvalue weighted by Gasteiger charge is -2.12. The SMILES string of the molecule is CC(CC(=O)c1cccs1)NC(=O)c1ccc(C#N)cn1. The van der Waals surface area contributed by atoms with Gasteiger partial charge in [-0.3, -0.25) is 9.59 Å². The number of aromatic nitrogens is 1. The molecule has 5 nitrogen and oxygen atoms in total. The van der Waals surface area contributed by atoms with Gasteiger partial charge in [-0.25, -0.2) is 4.98 Å². The van der Waals surface area contributed by atoms with Crippen molar-refractivity contribution in [3.05, 3.63) is 52.0 Å². The molecule has 2 aromatic rings. The summed E-state index contributed by atoms with van der Waals surface area (Å²) in [6, 6.07) is 8.26. The van der Waals surface area contributed by atoms with Crippen molar-refractivity contribution in [1.82, 2.24) is 10.3 Å². The maximum atomic E-state index is 12.0. The van der Waals surface area contributed by atoms with Crippen LogP contribution in [0.2, 0.25) is 0 Å². The van der Waals surface area contributed by atoms with E-state index in [4.69, 9.17) is 5.26 Å². The van der Waals surface area contributed by atoms with Crippen LogP contribution in [-0.4, -0.2) is 22.7 Å². The Labute approximate surface area is 126 Å². The number of nitrogens with one attached hydrogen (secondary N) is 1. The summed E-state index contributed by atoms with van der Waals surface area (Å²) >= 11 is 1.39. The number of Topliss-reactive ketones (excluding diaryl/α,β-unsaturated/α-hetero) is 1. The quantitative estimate of drug-likeness (QED) is 0.859. The number of carbonyl (C=O) groups is 2. The number of pyridine rings is 1. The molecule has 0 fully saturated rings. The van der Waals surface area contributed by atoms with E-state index in [0.29, 0.717) is 10.4 Å². The van der Waals surface area contributed by atoms with Crippen molar-refractivity contribution in [3.63, 3.8) is 0 Å². The molecule has 0 aliphatic heterocycles. The van der Waals surface area contributed by atoms with Crippen LogP contribution in [0.5, 0.6) is 0 Å². The first-order chi connectivity index (χ1) is 10.1. The lowest BCUT2D eigenvalue weighted by molar-refractivity contribution is 0.0915. The van der Waals surface area contributed by atoms with Gasteiger partial charge < -0.3 is 5.32 Å². The number of thiophene rings is 1. The molecule has 1 N–H and O–H groups in total. The normalized spacial score (nSPS) is 11.4. The minimum absolute atomic E-state index is 0.00517. The third-order valence-electron chi connectivity index (χ3n) is 2.79. The zero-order valence-corrected chi connectivity index (χ0v) is 12.2. The van der Waals surface area contributed by atoms with Gasteiger partial charge in [0.25, 0.3) is 5.91 Å². The zero-order chi connectivity index (χ0) is 15.2. The van der Waals surface area contributed by atoms with E-state index in [1.807, 2.05) is 17.5 Å². The molecule has 0 aromatic carbocycles. The molecule has 106 valence electrons. The van der Waals surface area contributed by atoms with Gasteiger partial charge in [0.15, 0.2) is 5.78 Å². The molecule has 6 heteroatoms. The molecule has 21 heavy (non-hydrogen) atoms. The van der Waals surface area contributed by atoms with Gasteiger partial charge in [0, 0.05) is 18.7 Å². The van der Waals surface area contributed by atoms with Gasteiger partial charge in [0.1, 0.15) is 11.8 Å². The highest BCUT2D eigenvalue weighted by molar-refractivity contribution is 7.12. The Morgan fingerprint density at radius 3 is 2.81 bits per heavy atom. The fourth-order valence-electron chi connectivity index (χ4n) is 1.76. The van der Waals surface area contributed by atoms with Crippen LogP contribution in [-0.2, 0) is 0 Å². The van der Waals surface area contributed by atoms with Crippen LogP contribution in [0.3, 0.4) is 0 Å². The van der Waals surface area contributed by atoms with Crippen LogP contribution in [0.4, 0.5) is 0 Å². The standard InChI is InChI=1S/C15H13N3O2S/c1-10(7-13(19)14-3-2-6-21-14)18-15(20)12-5-4-11(8-16)9-17-12/h2-6,9-10H,7H2,1H3,(H,18,20). The van der Waals surface area contributed by atoms with Crippen molar-refractivity contribution in [2.75, 3.05) is 0 Å². The van der Waals surface area contributed by atoms with Gasteiger partial charge in [-0.1, -0.05) is 6.07 Å². The summed E-state index contributed by atoms with van der Waals surface area (Å²) in [7, 11) is 0. The van der Waals surface area contributed by atoms with Crippen LogP contribution >= 0.6 is 11.3 Å². The van der Waals surface area contributed by atoms with Gasteiger partial charge in [0.05, 0.1) is 10.4 Å². The van der Waals surface area contributed by atoms with Crippen molar-refractivity contribution in [2.24, 2.45) is 0 Å². The first kappa shape index (κ1) is 14.9. The zero-order valence-electron chi connectivity index (χ0n) is 11.4. The number of rotatable bonds is 5. The van der Waals surface area contributed by atoms with E-state index in [9.17, 15) is 9.59 Å². The van der Waals surface area contributed by atoms with Gasteiger partial charge in [-0.15, -0.1) is 11.3 Å². The molecule has 1 amide bonds. The largest absolute Gasteiger partial charge is 0.348 e. The minimum atomic E-state index is -0.356. The van der Waals surface area contributed by atoms with Crippen molar-refractivity contribution in [3.8, 4) is 6.07 Å². The van der Waals surface area contributed by atoms with Gasteiger partial charge in [-0.05, 0) is 30.5 Å². The summed E-state index contributed by atoms with van der Waals surface area (Å²) in [5.41, 5.74) is 0.622. The molecule has 2 aromatic heterocycles. The van der Waals surface area contributed by atoms with Crippen molar-refractivity contribution < 1.29 is 9.59 Å². The molecule has 0 aliphatic carbocycles. The number of nitrogens with zero attached hydrogens (tertiary/aromatic N) is 2. The highest BCUT2D eigenvalue weighted by atomic mass is 32.1. The monoisotopic (exact) mass is 299 g/mol. The Hall–Kier alpha value is -2.52. The predicted molar refractivity (Wildman–Crippen MR) is 79.1 cm³/mol. The highest BCUT2D eigenvalue weighted by Gasteiger charge is 2.15. The van der Waals surface area contributed by atoms with E-state index in [-0.39, 0.29) is 29.8 Å². The third-order valence-corrected chi connectivity index (χ3v) is 3.70. The number of ketones is 1. The first-order valence-electron chi connectivity index (χ1n) is 6.34. The van der Waals surface area contributed by atoms with E-state index in [0.717, 1.165) is 0 Å². The summed E-state index contributed by atoms with van der Waals surface area (Å²) in [5.74, 6) is -0.350. The highest BCUT2D eigenvalue weighted by Crippen LogP contribution is 2.12. The van der Waals surface area contributed by atoms with Crippen LogP contribution in [0.15, 0.2) is 35.8 Å². The third kappa shape index (κ3) is 3.97. The Bertz CT molecular complexity index is 672. The lowest BCUT2D eigenvalue weighted by atomic mass is 10.1. The average molecular weight is 299 g/mol. The Morgan fingerprint density at radius 1 is 1.43 bits per heavy atom. The van der Waals surface area contributed by atoms with Gasteiger partial charge in [0.2, 0.25) is 0 Å². The maximum absolute atomic E-state index is 12.0. The lowest BCUT2D eigenvalue weighted by Crippen LogP contribution is -2.34. The van der Waals surface area contributed by atoms with Crippen LogP contribution < -0.4 is 5.32 Å². The molecule has 0 saturated carbocycles. The van der Waals surface area contributed by atoms with Crippen LogP contribution in [0.25, 0.3) is 0 Å². The molecule has 0 aliphatic rings. The fourth-order valence-corrected chi connectivity index (χ4v) is 2.43. The topological polar surface area (TPSA) is 82.9 Å². The van der Waals surface area contributed by atoms with Crippen molar-refractivity contribution in [1.29, 1.82) is 5.26 Å². The van der Waals surface area contributed by atoms with E-state index < -0.39 is 0 Å². The average Bonchev–Trinajstić information content (AvgIpc) is 3.01. The number of nitriles is 1. The Morgan fingerprint density at radius 2 is 2.24 bits per heavy atom. The number of amides is 1. The molecule has 0 saturated heterocycles. The first-order valence-corrected chi connectivity index (χ1v) is 7.22. The molecule has 0 radical (unpaired) electrons. The number of carbonyl (C=O) groups excluding carboxylic acids is 2. The number of hydrogen-bond donors (Lipinski definition) is 1. The van der Waals surface area contributed by atoms with Gasteiger partial charge in [-0.2, -0.15) is 5.26 Å². The fraction of sp³-hybridized carbons (Fsp3) is 0.200. The molecule has 1 unspecified atom stereocenters. The molecule has 2 heterocycles. The Kier molecular flexibility index (Phi) is 4.80. The van der Waals surface area contributed by atoms with Crippen LogP contribution in [0, 0.1) is 11.3 Å². The Balaban J connectivity index is 1.92. The molecule has 0 bridgehead atoms. The predicted octanol–water partition coefficient (Wildman–Crippen LogP) is 2.41. The van der Waals surface area contributed by atoms with E-state index in [1.165, 1.54) is 29.7 Å². The van der Waals surface area contributed by atoms with E-state index in [1.54, 1.807) is 13.0 Å². The second-order valence-corrected chi connectivity index (χ2v) is 5.47. The van der Waals surface area contributed by atoms with E-state index in [2.05, 4.69) is 10.3 Å². The smallest absolute Gasteiger partial charge is 0.270 e. The summed E-state index contributed by atoms with van der Waals surface area (Å²) in [6.45, 7) is 1.77. The van der Waals surface area contributed by atoms with Gasteiger partial charge >= 0.3 is 0 Å². The minimum Gasteiger partial charge on any atom is -0.348 e. The molecular formula is C15H13N3O2S. The molecule has 1 atom stereocenters. The maximum Gasteiger partial charge on any atom is 0.270 e.